The molecule has 1 heterocycles. The minimum Gasteiger partial charge on any atom is -0.367 e. The van der Waals surface area contributed by atoms with Gasteiger partial charge in [0.1, 0.15) is 5.75 Å². The van der Waals surface area contributed by atoms with E-state index in [-0.39, 0.29) is 4.90 Å². The molecule has 1 aliphatic heterocycles. The van der Waals surface area contributed by atoms with E-state index < -0.39 is 21.5 Å². The van der Waals surface area contributed by atoms with E-state index in [1.165, 1.54) is 0 Å². The molecule has 0 aromatic heterocycles. The molecular weight excluding hydrogens is 422 g/mol. The molecule has 0 unspecified atom stereocenters. The van der Waals surface area contributed by atoms with E-state index in [1.807, 2.05) is 42.5 Å². The van der Waals surface area contributed by atoms with Crippen molar-refractivity contribution in [3.63, 3.8) is 0 Å². The lowest BCUT2D eigenvalue weighted by molar-refractivity contribution is -0.113. The Morgan fingerprint density at radius 2 is 1.62 bits per heavy atom. The highest BCUT2D eigenvalue weighted by Gasteiger charge is 2.22. The van der Waals surface area contributed by atoms with E-state index in [2.05, 4.69) is 21.0 Å². The topological polar surface area (TPSA) is 69.7 Å². The molecule has 0 saturated carbocycles. The average Bonchev–Trinajstić information content (AvgIpc) is 2.79. The van der Waals surface area contributed by atoms with Crippen LogP contribution in [0, 0.1) is 12.3 Å². The van der Waals surface area contributed by atoms with Gasteiger partial charge >= 0.3 is 0 Å². The third kappa shape index (κ3) is 4.93. The SMILES string of the molecule is C#CCN1CCN(c2ccccc2NC(=O)CS(=O)(=O)c2ccc3ccccc3c2)CC1. The number of nitrogens with zero attached hydrogens (tertiary/aromatic N) is 2. The Morgan fingerprint density at radius 1 is 0.938 bits per heavy atom. The van der Waals surface area contributed by atoms with Gasteiger partial charge in [0, 0.05) is 26.2 Å². The van der Waals surface area contributed by atoms with Crippen LogP contribution < -0.4 is 10.2 Å². The number of fused-ring (bicyclic) bond motifs is 1. The average molecular weight is 448 g/mol. The van der Waals surface area contributed by atoms with Crippen molar-refractivity contribution in [2.45, 2.75) is 4.90 Å². The zero-order chi connectivity index (χ0) is 22.6. The zero-order valence-electron chi connectivity index (χ0n) is 17.7. The van der Waals surface area contributed by atoms with Gasteiger partial charge in [0.2, 0.25) is 5.91 Å². The van der Waals surface area contributed by atoms with E-state index in [9.17, 15) is 13.2 Å². The molecule has 0 bridgehead atoms. The van der Waals surface area contributed by atoms with E-state index in [1.54, 1.807) is 24.3 Å². The summed E-state index contributed by atoms with van der Waals surface area (Å²) in [4.78, 5) is 17.2. The summed E-state index contributed by atoms with van der Waals surface area (Å²) in [7, 11) is -3.77. The number of piperazine rings is 1. The van der Waals surface area contributed by atoms with Crippen LogP contribution >= 0.6 is 0 Å². The van der Waals surface area contributed by atoms with Crippen LogP contribution in [0.15, 0.2) is 71.6 Å². The second kappa shape index (κ2) is 9.43. The van der Waals surface area contributed by atoms with Crippen molar-refractivity contribution < 1.29 is 13.2 Å². The second-order valence-electron chi connectivity index (χ2n) is 7.80. The Balaban J connectivity index is 1.47. The maximum absolute atomic E-state index is 12.9. The molecule has 0 aliphatic carbocycles. The summed E-state index contributed by atoms with van der Waals surface area (Å²) in [6.45, 7) is 3.86. The molecule has 32 heavy (non-hydrogen) atoms. The second-order valence-corrected chi connectivity index (χ2v) is 9.79. The number of anilines is 2. The molecule has 7 heteroatoms. The summed E-state index contributed by atoms with van der Waals surface area (Å²) in [5.74, 6) is 1.49. The molecule has 1 aliphatic rings. The number of amides is 1. The number of terminal acetylenes is 1. The van der Waals surface area contributed by atoms with Crippen LogP contribution in [0.4, 0.5) is 11.4 Å². The largest absolute Gasteiger partial charge is 0.367 e. The van der Waals surface area contributed by atoms with Crippen LogP contribution in [-0.2, 0) is 14.6 Å². The first-order valence-electron chi connectivity index (χ1n) is 10.5. The molecule has 0 spiro atoms. The lowest BCUT2D eigenvalue weighted by atomic mass is 10.1. The van der Waals surface area contributed by atoms with E-state index in [4.69, 9.17) is 6.42 Å². The number of sulfone groups is 1. The Labute approximate surface area is 188 Å². The maximum atomic E-state index is 12.9. The lowest BCUT2D eigenvalue weighted by Gasteiger charge is -2.36. The molecule has 0 radical (unpaired) electrons. The number of hydrogen-bond acceptors (Lipinski definition) is 5. The fourth-order valence-electron chi connectivity index (χ4n) is 3.93. The van der Waals surface area contributed by atoms with Crippen molar-refractivity contribution in [3.05, 3.63) is 66.7 Å². The minimum atomic E-state index is -3.77. The predicted octanol–water partition coefficient (Wildman–Crippen LogP) is 3.01. The van der Waals surface area contributed by atoms with E-state index in [0.29, 0.717) is 12.2 Å². The summed E-state index contributed by atoms with van der Waals surface area (Å²) in [6, 6.07) is 19.9. The van der Waals surface area contributed by atoms with Gasteiger partial charge in [0.15, 0.2) is 9.84 Å². The summed E-state index contributed by atoms with van der Waals surface area (Å²) in [6.07, 6.45) is 5.40. The van der Waals surface area contributed by atoms with Crippen LogP contribution in [-0.4, -0.2) is 57.7 Å². The van der Waals surface area contributed by atoms with Gasteiger partial charge in [0.25, 0.3) is 0 Å². The number of carbonyl (C=O) groups excluding carboxylic acids is 1. The highest BCUT2D eigenvalue weighted by Crippen LogP contribution is 2.27. The molecule has 164 valence electrons. The number of nitrogens with one attached hydrogen (secondary N) is 1. The number of carbonyl (C=O) groups is 1. The Hall–Kier alpha value is -3.34. The summed E-state index contributed by atoms with van der Waals surface area (Å²) < 4.78 is 25.7. The molecule has 6 nitrogen and oxygen atoms in total. The number of rotatable bonds is 6. The van der Waals surface area contributed by atoms with Crippen molar-refractivity contribution in [1.82, 2.24) is 4.90 Å². The monoisotopic (exact) mass is 447 g/mol. The zero-order valence-corrected chi connectivity index (χ0v) is 18.5. The molecule has 1 N–H and O–H groups in total. The highest BCUT2D eigenvalue weighted by atomic mass is 32.2. The van der Waals surface area contributed by atoms with Crippen molar-refractivity contribution in [2.24, 2.45) is 0 Å². The highest BCUT2D eigenvalue weighted by molar-refractivity contribution is 7.92. The van der Waals surface area contributed by atoms with Crippen LogP contribution in [0.1, 0.15) is 0 Å². The van der Waals surface area contributed by atoms with Crippen LogP contribution in [0.2, 0.25) is 0 Å². The number of hydrogen-bond donors (Lipinski definition) is 1. The molecule has 1 fully saturated rings. The van der Waals surface area contributed by atoms with Crippen molar-refractivity contribution in [1.29, 1.82) is 0 Å². The molecule has 4 rings (SSSR count). The first-order chi connectivity index (χ1) is 15.5. The van der Waals surface area contributed by atoms with E-state index in [0.717, 1.165) is 42.6 Å². The van der Waals surface area contributed by atoms with Crippen LogP contribution in [0.5, 0.6) is 0 Å². The smallest absolute Gasteiger partial charge is 0.240 e. The summed E-state index contributed by atoms with van der Waals surface area (Å²) in [5, 5.41) is 4.58. The number of benzene rings is 3. The van der Waals surface area contributed by atoms with Gasteiger partial charge in [-0.05, 0) is 35.0 Å². The lowest BCUT2D eigenvalue weighted by Crippen LogP contribution is -2.46. The third-order valence-corrected chi connectivity index (χ3v) is 7.22. The minimum absolute atomic E-state index is 0.143. The van der Waals surface area contributed by atoms with Crippen LogP contribution in [0.3, 0.4) is 0 Å². The summed E-state index contributed by atoms with van der Waals surface area (Å²) in [5.41, 5.74) is 1.49. The van der Waals surface area contributed by atoms with Gasteiger partial charge in [0.05, 0.1) is 22.8 Å². The first-order valence-corrected chi connectivity index (χ1v) is 12.1. The molecule has 1 amide bonds. The summed E-state index contributed by atoms with van der Waals surface area (Å²) >= 11 is 0. The number of para-hydroxylation sites is 2. The first kappa shape index (κ1) is 21.9. The maximum Gasteiger partial charge on any atom is 0.240 e. The van der Waals surface area contributed by atoms with Gasteiger partial charge in [-0.3, -0.25) is 9.69 Å². The van der Waals surface area contributed by atoms with Crippen molar-refractivity contribution in [2.75, 3.05) is 48.7 Å². The molecule has 3 aromatic rings. The normalized spacial score (nSPS) is 14.8. The fourth-order valence-corrected chi connectivity index (χ4v) is 5.10. The van der Waals surface area contributed by atoms with Crippen LogP contribution in [0.25, 0.3) is 10.8 Å². The molecular formula is C25H25N3O3S. The fraction of sp³-hybridized carbons (Fsp3) is 0.240. The van der Waals surface area contributed by atoms with Gasteiger partial charge in [-0.15, -0.1) is 6.42 Å². The third-order valence-electron chi connectivity index (χ3n) is 5.61. The Kier molecular flexibility index (Phi) is 6.45. The van der Waals surface area contributed by atoms with Crippen molar-refractivity contribution >= 4 is 37.9 Å². The van der Waals surface area contributed by atoms with Gasteiger partial charge in [-0.2, -0.15) is 0 Å². The quantitative estimate of drug-likeness (QED) is 0.589. The van der Waals surface area contributed by atoms with Gasteiger partial charge in [-0.25, -0.2) is 8.42 Å². The molecule has 1 saturated heterocycles. The molecule has 3 aromatic carbocycles. The Morgan fingerprint density at radius 3 is 2.38 bits per heavy atom. The Bertz CT molecular complexity index is 1270. The van der Waals surface area contributed by atoms with E-state index >= 15 is 0 Å². The van der Waals surface area contributed by atoms with Gasteiger partial charge < -0.3 is 10.2 Å². The van der Waals surface area contributed by atoms with Crippen molar-refractivity contribution in [3.8, 4) is 12.3 Å². The molecule has 0 atom stereocenters. The predicted molar refractivity (Wildman–Crippen MR) is 129 cm³/mol. The standard InChI is InChI=1S/C25H25N3O3S/c1-2-13-27-14-16-28(17-15-27)24-10-6-5-9-23(24)26-25(29)19-32(30,31)22-12-11-20-7-3-4-8-21(20)18-22/h1,3-12,18H,13-17,19H2,(H,26,29). The van der Waals surface area contributed by atoms with Gasteiger partial charge in [-0.1, -0.05) is 48.4 Å².